The highest BCUT2D eigenvalue weighted by atomic mass is 32.1. The van der Waals surface area contributed by atoms with Crippen molar-refractivity contribution in [3.63, 3.8) is 0 Å². The number of thiocarbonyl (C=S) groups is 1. The monoisotopic (exact) mass is 204 g/mol. The van der Waals surface area contributed by atoms with Crippen LogP contribution in [0, 0.1) is 5.92 Å². The molecule has 78 valence electrons. The highest BCUT2D eigenvalue weighted by Crippen LogP contribution is 2.01. The second-order valence-corrected chi connectivity index (χ2v) is 3.80. The van der Waals surface area contributed by atoms with Crippen molar-refractivity contribution in [3.8, 4) is 0 Å². The Morgan fingerprint density at radius 3 is 2.54 bits per heavy atom. The van der Waals surface area contributed by atoms with Gasteiger partial charge in [-0.3, -0.25) is 0 Å². The van der Waals surface area contributed by atoms with E-state index in [9.17, 15) is 0 Å². The van der Waals surface area contributed by atoms with Crippen LogP contribution in [0.5, 0.6) is 0 Å². The molecule has 0 saturated carbocycles. The topological polar surface area (TPSA) is 49.5 Å². The lowest BCUT2D eigenvalue weighted by Crippen LogP contribution is -2.36. The number of hydrogen-bond donors (Lipinski definition) is 2. The zero-order valence-electron chi connectivity index (χ0n) is 8.49. The molecule has 0 aliphatic carbocycles. The number of rotatable bonds is 7. The standard InChI is InChI=1S/C9H20N2OS/c1-3-4-11(5-6-12)7-8(2)9(10)13/h8,12H,3-7H2,1-2H3,(H2,10,13). The molecule has 0 aromatic carbocycles. The lowest BCUT2D eigenvalue weighted by Gasteiger charge is -2.23. The Hall–Kier alpha value is -0.190. The summed E-state index contributed by atoms with van der Waals surface area (Å²) in [7, 11) is 0. The fraction of sp³-hybridized carbons (Fsp3) is 0.889. The van der Waals surface area contributed by atoms with Gasteiger partial charge in [-0.15, -0.1) is 0 Å². The van der Waals surface area contributed by atoms with E-state index in [1.165, 1.54) is 0 Å². The maximum Gasteiger partial charge on any atom is 0.0768 e. The zero-order chi connectivity index (χ0) is 10.3. The highest BCUT2D eigenvalue weighted by Gasteiger charge is 2.10. The van der Waals surface area contributed by atoms with Gasteiger partial charge in [-0.1, -0.05) is 26.1 Å². The normalized spacial score (nSPS) is 13.2. The number of nitrogens with zero attached hydrogens (tertiary/aromatic N) is 1. The van der Waals surface area contributed by atoms with Gasteiger partial charge in [0.25, 0.3) is 0 Å². The second-order valence-electron chi connectivity index (χ2n) is 3.33. The van der Waals surface area contributed by atoms with Crippen molar-refractivity contribution in [2.75, 3.05) is 26.2 Å². The van der Waals surface area contributed by atoms with Crippen LogP contribution in [0.3, 0.4) is 0 Å². The average molecular weight is 204 g/mol. The number of aliphatic hydroxyl groups excluding tert-OH is 1. The third kappa shape index (κ3) is 5.96. The van der Waals surface area contributed by atoms with E-state index in [1.807, 2.05) is 6.92 Å². The number of nitrogens with two attached hydrogens (primary N) is 1. The lowest BCUT2D eigenvalue weighted by atomic mass is 10.1. The summed E-state index contributed by atoms with van der Waals surface area (Å²) in [6.07, 6.45) is 1.09. The van der Waals surface area contributed by atoms with E-state index in [0.29, 0.717) is 11.5 Å². The van der Waals surface area contributed by atoms with Crippen molar-refractivity contribution >= 4 is 17.2 Å². The molecule has 0 aliphatic rings. The van der Waals surface area contributed by atoms with E-state index in [-0.39, 0.29) is 12.5 Å². The number of hydrogen-bond acceptors (Lipinski definition) is 3. The second kappa shape index (κ2) is 7.24. The molecule has 0 rings (SSSR count). The van der Waals surface area contributed by atoms with Gasteiger partial charge >= 0.3 is 0 Å². The minimum Gasteiger partial charge on any atom is -0.395 e. The third-order valence-corrected chi connectivity index (χ3v) is 2.38. The maximum absolute atomic E-state index is 8.81. The largest absolute Gasteiger partial charge is 0.395 e. The molecule has 3 N–H and O–H groups in total. The van der Waals surface area contributed by atoms with Gasteiger partial charge in [0.1, 0.15) is 0 Å². The van der Waals surface area contributed by atoms with Crippen molar-refractivity contribution in [1.82, 2.24) is 4.90 Å². The van der Waals surface area contributed by atoms with Crippen LogP contribution in [0.4, 0.5) is 0 Å². The Kier molecular flexibility index (Phi) is 7.13. The minimum atomic E-state index is 0.198. The van der Waals surface area contributed by atoms with Crippen LogP contribution in [0.2, 0.25) is 0 Å². The van der Waals surface area contributed by atoms with Crippen molar-refractivity contribution in [1.29, 1.82) is 0 Å². The van der Waals surface area contributed by atoms with Gasteiger partial charge in [-0.05, 0) is 13.0 Å². The lowest BCUT2D eigenvalue weighted by molar-refractivity contribution is 0.189. The quantitative estimate of drug-likeness (QED) is 0.597. The first-order valence-electron chi connectivity index (χ1n) is 4.74. The summed E-state index contributed by atoms with van der Waals surface area (Å²) in [5.41, 5.74) is 5.52. The van der Waals surface area contributed by atoms with Crippen LogP contribution in [-0.4, -0.2) is 41.2 Å². The highest BCUT2D eigenvalue weighted by molar-refractivity contribution is 7.80. The van der Waals surface area contributed by atoms with E-state index >= 15 is 0 Å². The fourth-order valence-electron chi connectivity index (χ4n) is 1.23. The molecule has 0 saturated heterocycles. The molecule has 0 aromatic rings. The Bertz CT molecular complexity index is 147. The molecule has 13 heavy (non-hydrogen) atoms. The van der Waals surface area contributed by atoms with Crippen molar-refractivity contribution < 1.29 is 5.11 Å². The Morgan fingerprint density at radius 1 is 1.54 bits per heavy atom. The van der Waals surface area contributed by atoms with Crippen LogP contribution >= 0.6 is 12.2 Å². The first-order valence-corrected chi connectivity index (χ1v) is 5.15. The Labute approximate surface area is 85.9 Å². The van der Waals surface area contributed by atoms with Gasteiger partial charge < -0.3 is 15.7 Å². The number of aliphatic hydroxyl groups is 1. The van der Waals surface area contributed by atoms with E-state index in [0.717, 1.165) is 19.5 Å². The SMILES string of the molecule is CCCN(CCO)CC(C)C(N)=S. The molecule has 0 radical (unpaired) electrons. The molecule has 1 atom stereocenters. The first-order chi connectivity index (χ1) is 6.11. The molecule has 0 fully saturated rings. The van der Waals surface area contributed by atoms with Crippen LogP contribution in [0.25, 0.3) is 0 Å². The summed E-state index contributed by atoms with van der Waals surface area (Å²) in [4.78, 5) is 2.74. The summed E-state index contributed by atoms with van der Waals surface area (Å²) in [5, 5.41) is 8.81. The molecule has 0 spiro atoms. The van der Waals surface area contributed by atoms with Crippen molar-refractivity contribution in [3.05, 3.63) is 0 Å². The molecule has 1 unspecified atom stereocenters. The molecular weight excluding hydrogens is 184 g/mol. The van der Waals surface area contributed by atoms with E-state index in [2.05, 4.69) is 11.8 Å². The van der Waals surface area contributed by atoms with Gasteiger partial charge in [-0.25, -0.2) is 0 Å². The summed E-state index contributed by atoms with van der Waals surface area (Å²) in [6, 6.07) is 0. The third-order valence-electron chi connectivity index (χ3n) is 1.97. The predicted octanol–water partition coefficient (Wildman–Crippen LogP) is 0.613. The fourth-order valence-corrected chi connectivity index (χ4v) is 1.30. The van der Waals surface area contributed by atoms with Crippen molar-refractivity contribution in [2.24, 2.45) is 11.7 Å². The maximum atomic E-state index is 8.81. The van der Waals surface area contributed by atoms with Crippen LogP contribution in [-0.2, 0) is 0 Å². The van der Waals surface area contributed by atoms with E-state index in [4.69, 9.17) is 23.1 Å². The van der Waals surface area contributed by atoms with Gasteiger partial charge in [0.05, 0.1) is 11.6 Å². The molecule has 0 aliphatic heterocycles. The van der Waals surface area contributed by atoms with Crippen LogP contribution in [0.15, 0.2) is 0 Å². The molecular formula is C9H20N2OS. The van der Waals surface area contributed by atoms with Crippen LogP contribution < -0.4 is 5.73 Å². The van der Waals surface area contributed by atoms with Gasteiger partial charge in [-0.2, -0.15) is 0 Å². The van der Waals surface area contributed by atoms with Gasteiger partial charge in [0.2, 0.25) is 0 Å². The molecule has 0 amide bonds. The average Bonchev–Trinajstić information content (AvgIpc) is 2.05. The minimum absolute atomic E-state index is 0.198. The first kappa shape index (κ1) is 12.8. The summed E-state index contributed by atoms with van der Waals surface area (Å²) in [6.45, 7) is 6.89. The van der Waals surface area contributed by atoms with Crippen molar-refractivity contribution in [2.45, 2.75) is 20.3 Å². The zero-order valence-corrected chi connectivity index (χ0v) is 9.31. The predicted molar refractivity (Wildman–Crippen MR) is 59.8 cm³/mol. The van der Waals surface area contributed by atoms with E-state index < -0.39 is 0 Å². The molecule has 4 heteroatoms. The smallest absolute Gasteiger partial charge is 0.0768 e. The Balaban J connectivity index is 3.85. The molecule has 0 bridgehead atoms. The van der Waals surface area contributed by atoms with Gasteiger partial charge in [0, 0.05) is 19.0 Å². The Morgan fingerprint density at radius 2 is 2.15 bits per heavy atom. The summed E-state index contributed by atoms with van der Waals surface area (Å²) >= 11 is 4.89. The molecule has 3 nitrogen and oxygen atoms in total. The molecule has 0 aromatic heterocycles. The van der Waals surface area contributed by atoms with E-state index in [1.54, 1.807) is 0 Å². The summed E-state index contributed by atoms with van der Waals surface area (Å²) in [5.74, 6) is 0.230. The van der Waals surface area contributed by atoms with Gasteiger partial charge in [0.15, 0.2) is 0 Å². The van der Waals surface area contributed by atoms with Crippen LogP contribution in [0.1, 0.15) is 20.3 Å². The summed E-state index contributed by atoms with van der Waals surface area (Å²) < 4.78 is 0. The molecule has 0 heterocycles.